The molecule has 15 heteroatoms. The van der Waals surface area contributed by atoms with Crippen LogP contribution in [0.25, 0.3) is 22.2 Å². The van der Waals surface area contributed by atoms with Crippen LogP contribution < -0.4 is 26.5 Å². The summed E-state index contributed by atoms with van der Waals surface area (Å²) in [6.07, 6.45) is 0.635. The van der Waals surface area contributed by atoms with Crippen LogP contribution in [0.1, 0.15) is 53.4 Å². The minimum absolute atomic E-state index is 0.0644. The third kappa shape index (κ3) is 5.85. The number of carbonyl (C=O) groups is 3. The van der Waals surface area contributed by atoms with E-state index < -0.39 is 45.0 Å². The number of methoxy groups -OCH3 is 1. The van der Waals surface area contributed by atoms with Gasteiger partial charge < -0.3 is 0 Å². The molecule has 2 fully saturated rings. The fourth-order valence-corrected chi connectivity index (χ4v) is 9.29. The molecular weight excluding hydrogens is 718 g/mol. The van der Waals surface area contributed by atoms with Gasteiger partial charge in [-0.25, -0.2) is 0 Å². The van der Waals surface area contributed by atoms with E-state index in [9.17, 15) is 27.6 Å². The number of rotatable bonds is 8. The Hall–Kier alpha value is -3.99. The Morgan fingerprint density at radius 1 is 1.15 bits per heavy atom. The molecule has 0 radical (unpaired) electrons. The number of alkyl halides is 5. The first-order valence-corrected chi connectivity index (χ1v) is 16.7. The van der Waals surface area contributed by atoms with Gasteiger partial charge in [-0.05, 0) is 6.92 Å². The number of aryl methyl sites for hydroxylation is 2. The number of hydrogen-bond donors (Lipinski definition) is 1. The number of halogens is 4. The van der Waals surface area contributed by atoms with Crippen molar-refractivity contribution < 1.29 is 53.5 Å². The van der Waals surface area contributed by atoms with Crippen LogP contribution in [0.15, 0.2) is 36.8 Å². The van der Waals surface area contributed by atoms with E-state index in [0.29, 0.717) is 45.7 Å². The second-order valence-electron chi connectivity index (χ2n) is 11.6. The number of nitrogens with one attached hydrogen (secondary N) is 1. The third-order valence-electron chi connectivity index (χ3n) is 8.16. The summed E-state index contributed by atoms with van der Waals surface area (Å²) < 4.78 is 46.8. The number of ketones is 1. The third-order valence-corrected chi connectivity index (χ3v) is 12.5. The molecule has 11 nitrogen and oxygen atoms in total. The van der Waals surface area contributed by atoms with Crippen LogP contribution in [0, 0.1) is 13.8 Å². The van der Waals surface area contributed by atoms with Crippen molar-refractivity contribution in [3.63, 3.8) is 0 Å². The molecule has 6 heterocycles. The van der Waals surface area contributed by atoms with Crippen LogP contribution in [0.4, 0.5) is 19.0 Å². The first-order chi connectivity index (χ1) is 21.7. The molecule has 0 aliphatic carbocycles. The first kappa shape index (κ1) is 32.0. The number of nitrogens with zero attached hydrogens (tertiary/aromatic N) is 6. The Balaban J connectivity index is 1.31. The molecule has 0 spiro atoms. The molecule has 2 aliphatic heterocycles. The molecule has 1 N–H and O–H groups in total. The predicted molar refractivity (Wildman–Crippen MR) is 156 cm³/mol. The number of fused-ring (bicyclic) bond motifs is 2. The normalized spacial score (nSPS) is 20.7. The van der Waals surface area contributed by atoms with E-state index in [1.54, 1.807) is 48.0 Å². The molecule has 2 aliphatic rings. The molecule has 4 aromatic heterocycles. The van der Waals surface area contributed by atoms with Gasteiger partial charge >= 0.3 is 260 Å². The van der Waals surface area contributed by atoms with Crippen LogP contribution >= 0.6 is 0 Å². The molecule has 46 heavy (non-hydrogen) atoms. The zero-order valence-corrected chi connectivity index (χ0v) is 27.7. The number of hydrogen-bond acceptors (Lipinski definition) is 8. The van der Waals surface area contributed by atoms with Gasteiger partial charge in [-0.15, -0.1) is 0 Å². The molecule has 242 valence electrons. The minimum atomic E-state index is -4.71. The number of carbonyl (C=O) groups excluding carboxylic acids is 3. The van der Waals surface area contributed by atoms with Gasteiger partial charge in [-0.3, -0.25) is 0 Å². The fraction of sp³-hybridized carbons (Fsp3) is 0.387. The van der Waals surface area contributed by atoms with Crippen molar-refractivity contribution in [3.05, 3.63) is 65.1 Å². The van der Waals surface area contributed by atoms with Gasteiger partial charge in [-0.2, -0.15) is 0 Å². The number of aromatic nitrogens is 5. The molecule has 2 amide bonds. The molecule has 0 bridgehead atoms. The van der Waals surface area contributed by atoms with E-state index in [1.165, 1.54) is 20.1 Å². The van der Waals surface area contributed by atoms with E-state index in [0.717, 1.165) is 6.07 Å². The zero-order valence-electron chi connectivity index (χ0n) is 25.6. The van der Waals surface area contributed by atoms with Gasteiger partial charge in [-0.1, -0.05) is 0 Å². The standard InChI is InChI=1S/C31H30F3IN7O4/c1-15-26-20(8-22(38-15)19-10-36-17(3)37-11-19)21(16(2)43)12-41(26)13-25(44)42-23(9-30(4)29(42)35-30)28(45)40-27-18(14-46-5)6-7-24(39-27)31(32,33)34/h6-8,10-12,23,29H,9,13-14H2,1-5H3,(H,39,40,45)/q-1/t23-,29-,30+/m0/s1. The van der Waals surface area contributed by atoms with Gasteiger partial charge in [0.15, 0.2) is 0 Å². The molecule has 0 aromatic carbocycles. The SMILES string of the molecule is COCc1ccc(C(F)(F)F)nc1NC(=O)[C@@H]1C[C@@]2(C)[I-][C@H]2N1C(=O)Cn1cc(C(C)=O)c2cc(-c3cnc(C)nc3)nc(C)c21. The molecule has 4 aromatic rings. The predicted octanol–water partition coefficient (Wildman–Crippen LogP) is 1.30. The van der Waals surface area contributed by atoms with Crippen molar-refractivity contribution in [2.24, 2.45) is 0 Å². The van der Waals surface area contributed by atoms with Gasteiger partial charge in [0.1, 0.15) is 5.82 Å². The van der Waals surface area contributed by atoms with E-state index in [2.05, 4.69) is 20.3 Å². The average Bonchev–Trinajstić information content (AvgIpc) is 3.33. The number of pyridine rings is 2. The Labute approximate surface area is 272 Å². The molecular formula is C31H30F3IN7O4-. The maximum atomic E-state index is 14.0. The summed E-state index contributed by atoms with van der Waals surface area (Å²) >= 11 is -0.409. The summed E-state index contributed by atoms with van der Waals surface area (Å²) in [5.41, 5.74) is 2.02. The molecule has 6 rings (SSSR count). The number of Topliss-reactive ketones (excluding diaryl/α,β-unsaturated/α-hetero) is 1. The first-order valence-electron chi connectivity index (χ1n) is 14.3. The van der Waals surface area contributed by atoms with Crippen molar-refractivity contribution >= 4 is 34.3 Å². The topological polar surface area (TPSA) is 132 Å². The Morgan fingerprint density at radius 3 is 2.52 bits per heavy atom. The second kappa shape index (κ2) is 11.7. The summed E-state index contributed by atoms with van der Waals surface area (Å²) in [5, 5.41) is 3.19. The summed E-state index contributed by atoms with van der Waals surface area (Å²) in [6, 6.07) is 2.93. The van der Waals surface area contributed by atoms with E-state index >= 15 is 0 Å². The van der Waals surface area contributed by atoms with Crippen LogP contribution in [-0.4, -0.2) is 67.6 Å². The van der Waals surface area contributed by atoms with Crippen LogP contribution in [0.2, 0.25) is 0 Å². The van der Waals surface area contributed by atoms with Crippen molar-refractivity contribution in [2.45, 2.75) is 67.0 Å². The molecule has 0 saturated carbocycles. The van der Waals surface area contributed by atoms with Crippen molar-refractivity contribution in [1.29, 1.82) is 0 Å². The van der Waals surface area contributed by atoms with Crippen molar-refractivity contribution in [2.75, 3.05) is 12.4 Å². The second-order valence-corrected chi connectivity index (χ2v) is 15.9. The summed E-state index contributed by atoms with van der Waals surface area (Å²) in [6.45, 7) is 6.83. The van der Waals surface area contributed by atoms with Crippen molar-refractivity contribution in [1.82, 2.24) is 29.4 Å². The molecule has 2 saturated heterocycles. The van der Waals surface area contributed by atoms with Gasteiger partial charge in [0.05, 0.1) is 0 Å². The van der Waals surface area contributed by atoms with Gasteiger partial charge in [0, 0.05) is 0 Å². The number of likely N-dealkylation sites (tertiary alicyclic amines) is 1. The maximum absolute atomic E-state index is 14.0. The fourth-order valence-electron chi connectivity index (χ4n) is 5.90. The van der Waals surface area contributed by atoms with Crippen LogP contribution in [0.5, 0.6) is 0 Å². The Kier molecular flexibility index (Phi) is 8.11. The molecule has 3 atom stereocenters. The number of amides is 2. The Bertz CT molecular complexity index is 1900. The quantitative estimate of drug-likeness (QED) is 0.124. The summed E-state index contributed by atoms with van der Waals surface area (Å²) in [7, 11) is 1.39. The van der Waals surface area contributed by atoms with Gasteiger partial charge in [0.2, 0.25) is 0 Å². The summed E-state index contributed by atoms with van der Waals surface area (Å²) in [4.78, 5) is 58.8. The Morgan fingerprint density at radius 2 is 1.87 bits per heavy atom. The van der Waals surface area contributed by atoms with Gasteiger partial charge in [0.25, 0.3) is 0 Å². The van der Waals surface area contributed by atoms with E-state index in [-0.39, 0.29) is 43.7 Å². The zero-order chi connectivity index (χ0) is 33.1. The van der Waals surface area contributed by atoms with Crippen LogP contribution in [-0.2, 0) is 33.7 Å². The summed E-state index contributed by atoms with van der Waals surface area (Å²) in [5.74, 6) is -0.775. The number of anilines is 1. The monoisotopic (exact) mass is 748 g/mol. The molecule has 0 unspecified atom stereocenters. The van der Waals surface area contributed by atoms with E-state index in [4.69, 9.17) is 9.72 Å². The van der Waals surface area contributed by atoms with Crippen molar-refractivity contribution in [3.8, 4) is 11.3 Å². The van der Waals surface area contributed by atoms with E-state index in [1.807, 2.05) is 6.92 Å². The van der Waals surface area contributed by atoms with Crippen LogP contribution in [0.3, 0.4) is 0 Å². The number of ether oxygens (including phenoxy) is 1. The average molecular weight is 749 g/mol.